The quantitative estimate of drug-likeness (QED) is 0.594. The third-order valence-corrected chi connectivity index (χ3v) is 1.19. The van der Waals surface area contributed by atoms with E-state index in [2.05, 4.69) is 9.72 Å². The van der Waals surface area contributed by atoms with Crippen LogP contribution >= 0.6 is 0 Å². The molecule has 0 atom stereocenters. The van der Waals surface area contributed by atoms with Gasteiger partial charge >= 0.3 is 0 Å². The molecule has 3 heteroatoms. The van der Waals surface area contributed by atoms with E-state index in [1.165, 1.54) is 0 Å². The predicted octanol–water partition coefficient (Wildman–Crippen LogP) is 1.47. The average Bonchev–Trinajstić information content (AvgIpc) is 2.07. The number of methoxy groups -OCH3 is 1. The summed E-state index contributed by atoms with van der Waals surface area (Å²) >= 11 is 0. The molecule has 66 valence electrons. The van der Waals surface area contributed by atoms with Crippen molar-refractivity contribution in [2.75, 3.05) is 14.2 Å². The Hall–Kier alpha value is -1.22. The van der Waals surface area contributed by atoms with Crippen LogP contribution in [-0.2, 0) is 4.74 Å². The van der Waals surface area contributed by atoms with Crippen molar-refractivity contribution in [3.8, 4) is 0 Å². The fourth-order valence-corrected chi connectivity index (χ4v) is 0.616. The molecule has 0 N–H and O–H groups in total. The molecule has 0 fully saturated rings. The number of hydrogen-bond donors (Lipinski definition) is 0. The van der Waals surface area contributed by atoms with Gasteiger partial charge in [0.2, 0.25) is 0 Å². The first kappa shape index (κ1) is 10.8. The van der Waals surface area contributed by atoms with Crippen molar-refractivity contribution >= 4 is 6.29 Å². The zero-order valence-corrected chi connectivity index (χ0v) is 7.57. The Morgan fingerprint density at radius 3 is 2.42 bits per heavy atom. The van der Waals surface area contributed by atoms with E-state index in [0.29, 0.717) is 5.56 Å². The van der Waals surface area contributed by atoms with E-state index < -0.39 is 0 Å². The third-order valence-electron chi connectivity index (χ3n) is 1.19. The van der Waals surface area contributed by atoms with Crippen molar-refractivity contribution in [1.29, 1.82) is 0 Å². The molecular weight excluding hydrogens is 154 g/mol. The van der Waals surface area contributed by atoms with Crippen LogP contribution in [0.5, 0.6) is 0 Å². The second kappa shape index (κ2) is 6.49. The van der Waals surface area contributed by atoms with Crippen LogP contribution < -0.4 is 0 Å². The van der Waals surface area contributed by atoms with Gasteiger partial charge in [-0.2, -0.15) is 0 Å². The maximum absolute atomic E-state index is 10.2. The zero-order chi connectivity index (χ0) is 9.40. The van der Waals surface area contributed by atoms with Gasteiger partial charge in [0.25, 0.3) is 0 Å². The van der Waals surface area contributed by atoms with Crippen LogP contribution in [0.2, 0.25) is 0 Å². The molecule has 0 radical (unpaired) electrons. The third kappa shape index (κ3) is 3.83. The predicted molar refractivity (Wildman–Crippen MR) is 47.3 cm³/mol. The SMILES string of the molecule is COC.Cc1cnccc1C=O. The first-order valence-corrected chi connectivity index (χ1v) is 3.52. The molecule has 0 aromatic carbocycles. The van der Waals surface area contributed by atoms with Crippen LogP contribution in [0.15, 0.2) is 18.5 Å². The van der Waals surface area contributed by atoms with E-state index >= 15 is 0 Å². The van der Waals surface area contributed by atoms with Gasteiger partial charge in [-0.3, -0.25) is 9.78 Å². The van der Waals surface area contributed by atoms with Crippen molar-refractivity contribution in [1.82, 2.24) is 4.98 Å². The highest BCUT2D eigenvalue weighted by Crippen LogP contribution is 1.99. The van der Waals surface area contributed by atoms with Crippen LogP contribution in [0, 0.1) is 6.92 Å². The number of rotatable bonds is 1. The molecule has 0 spiro atoms. The molecule has 0 saturated carbocycles. The minimum atomic E-state index is 0.713. The summed E-state index contributed by atoms with van der Waals surface area (Å²) in [7, 11) is 3.25. The normalized spacial score (nSPS) is 8.25. The minimum Gasteiger partial charge on any atom is -0.388 e. The van der Waals surface area contributed by atoms with Crippen LogP contribution in [0.3, 0.4) is 0 Å². The van der Waals surface area contributed by atoms with Gasteiger partial charge in [-0.25, -0.2) is 0 Å². The minimum absolute atomic E-state index is 0.713. The summed E-state index contributed by atoms with van der Waals surface area (Å²) in [6, 6.07) is 1.70. The number of aryl methyl sites for hydroxylation is 1. The fraction of sp³-hybridized carbons (Fsp3) is 0.333. The van der Waals surface area contributed by atoms with Crippen LogP contribution in [-0.4, -0.2) is 25.5 Å². The smallest absolute Gasteiger partial charge is 0.150 e. The maximum Gasteiger partial charge on any atom is 0.150 e. The molecule has 0 saturated heterocycles. The summed E-state index contributed by atoms with van der Waals surface area (Å²) in [5, 5.41) is 0. The molecule has 0 amide bonds. The highest BCUT2D eigenvalue weighted by atomic mass is 16.4. The van der Waals surface area contributed by atoms with E-state index in [1.807, 2.05) is 6.92 Å². The highest BCUT2D eigenvalue weighted by molar-refractivity contribution is 5.76. The molecule has 1 heterocycles. The number of ether oxygens (including phenoxy) is 1. The van der Waals surface area contributed by atoms with Crippen molar-refractivity contribution in [2.24, 2.45) is 0 Å². The lowest BCUT2D eigenvalue weighted by atomic mass is 10.2. The summed E-state index contributed by atoms with van der Waals surface area (Å²) in [4.78, 5) is 14.0. The molecule has 1 rings (SSSR count). The van der Waals surface area contributed by atoms with Crippen LogP contribution in [0.4, 0.5) is 0 Å². The summed E-state index contributed by atoms with van der Waals surface area (Å²) in [5.41, 5.74) is 1.64. The standard InChI is InChI=1S/C7H7NO.C2H6O/c1-6-4-8-3-2-7(6)5-9;1-3-2/h2-5H,1H3;1-2H3. The van der Waals surface area contributed by atoms with Gasteiger partial charge in [0, 0.05) is 32.2 Å². The van der Waals surface area contributed by atoms with Gasteiger partial charge in [-0.05, 0) is 18.6 Å². The second-order valence-corrected chi connectivity index (χ2v) is 2.26. The topological polar surface area (TPSA) is 39.2 Å². The lowest BCUT2D eigenvalue weighted by Crippen LogP contribution is -1.85. The number of nitrogens with zero attached hydrogens (tertiary/aromatic N) is 1. The summed E-state index contributed by atoms with van der Waals surface area (Å²) in [6.45, 7) is 1.86. The first-order valence-electron chi connectivity index (χ1n) is 3.52. The van der Waals surface area contributed by atoms with E-state index in [1.54, 1.807) is 32.7 Å². The van der Waals surface area contributed by atoms with Crippen molar-refractivity contribution < 1.29 is 9.53 Å². The largest absolute Gasteiger partial charge is 0.388 e. The Labute approximate surface area is 72.4 Å². The number of pyridine rings is 1. The lowest BCUT2D eigenvalue weighted by Gasteiger charge is -1.91. The highest BCUT2D eigenvalue weighted by Gasteiger charge is 1.91. The molecule has 0 aliphatic rings. The van der Waals surface area contributed by atoms with Crippen LogP contribution in [0.25, 0.3) is 0 Å². The Balaban J connectivity index is 0.000000354. The Morgan fingerprint density at radius 2 is 2.08 bits per heavy atom. The van der Waals surface area contributed by atoms with Crippen LogP contribution in [0.1, 0.15) is 15.9 Å². The van der Waals surface area contributed by atoms with Crippen molar-refractivity contribution in [2.45, 2.75) is 6.92 Å². The number of hydrogen-bond acceptors (Lipinski definition) is 3. The van der Waals surface area contributed by atoms with E-state index in [-0.39, 0.29) is 0 Å². The monoisotopic (exact) mass is 167 g/mol. The average molecular weight is 167 g/mol. The van der Waals surface area contributed by atoms with Gasteiger partial charge in [-0.15, -0.1) is 0 Å². The van der Waals surface area contributed by atoms with Crippen molar-refractivity contribution in [3.63, 3.8) is 0 Å². The molecule has 1 aromatic heterocycles. The number of carbonyl (C=O) groups excluding carboxylic acids is 1. The molecule has 3 nitrogen and oxygen atoms in total. The van der Waals surface area contributed by atoms with E-state index in [0.717, 1.165) is 11.8 Å². The van der Waals surface area contributed by atoms with E-state index in [9.17, 15) is 4.79 Å². The maximum atomic E-state index is 10.2. The number of carbonyl (C=O) groups is 1. The van der Waals surface area contributed by atoms with Gasteiger partial charge in [-0.1, -0.05) is 0 Å². The molecule has 0 unspecified atom stereocenters. The van der Waals surface area contributed by atoms with Crippen molar-refractivity contribution in [3.05, 3.63) is 29.6 Å². The van der Waals surface area contributed by atoms with E-state index in [4.69, 9.17) is 0 Å². The molecule has 0 bridgehead atoms. The second-order valence-electron chi connectivity index (χ2n) is 2.26. The van der Waals surface area contributed by atoms with Gasteiger partial charge in [0.1, 0.15) is 6.29 Å². The molecule has 0 aliphatic heterocycles. The number of aldehydes is 1. The molecule has 0 aliphatic carbocycles. The summed E-state index contributed by atoms with van der Waals surface area (Å²) in [5.74, 6) is 0. The molecular formula is C9H13NO2. The van der Waals surface area contributed by atoms with Gasteiger partial charge in [0.05, 0.1) is 0 Å². The first-order chi connectivity index (χ1) is 5.76. The summed E-state index contributed by atoms with van der Waals surface area (Å²) < 4.78 is 4.25. The van der Waals surface area contributed by atoms with Gasteiger partial charge in [0.15, 0.2) is 0 Å². The molecule has 12 heavy (non-hydrogen) atoms. The number of aromatic nitrogens is 1. The molecule has 1 aromatic rings. The van der Waals surface area contributed by atoms with Gasteiger partial charge < -0.3 is 4.74 Å². The Bertz CT molecular complexity index is 236. The Kier molecular flexibility index (Phi) is 5.83. The Morgan fingerprint density at radius 1 is 1.50 bits per heavy atom. The fourth-order valence-electron chi connectivity index (χ4n) is 0.616. The summed E-state index contributed by atoms with van der Waals surface area (Å²) in [6.07, 6.45) is 4.11. The zero-order valence-electron chi connectivity index (χ0n) is 7.57. The lowest BCUT2D eigenvalue weighted by molar-refractivity contribution is 0.112.